The van der Waals surface area contributed by atoms with Crippen LogP contribution in [0.2, 0.25) is 0 Å². The zero-order chi connectivity index (χ0) is 20.0. The van der Waals surface area contributed by atoms with E-state index in [9.17, 15) is 4.79 Å². The van der Waals surface area contributed by atoms with Crippen molar-refractivity contribution >= 4 is 22.4 Å². The van der Waals surface area contributed by atoms with Crippen molar-refractivity contribution in [3.8, 4) is 0 Å². The number of aryl methyl sites for hydroxylation is 1. The second-order valence-corrected chi connectivity index (χ2v) is 8.56. The summed E-state index contributed by atoms with van der Waals surface area (Å²) in [6.45, 7) is 3.81. The van der Waals surface area contributed by atoms with Crippen molar-refractivity contribution in [1.29, 1.82) is 0 Å². The van der Waals surface area contributed by atoms with Gasteiger partial charge in [-0.2, -0.15) is 0 Å². The molecule has 3 aromatic rings. The number of hydrogen-bond donors (Lipinski definition) is 2. The van der Waals surface area contributed by atoms with Crippen molar-refractivity contribution < 1.29 is 4.79 Å². The van der Waals surface area contributed by atoms with E-state index >= 15 is 0 Å². The molecule has 2 aliphatic rings. The SMILES string of the molecule is Cc1ccc(N2CCC(N)C2)cc1C(=O)NC1(c2cccc3ccccc23)CC1. The summed E-state index contributed by atoms with van der Waals surface area (Å²) in [5.74, 6) is 0.0123. The summed E-state index contributed by atoms with van der Waals surface area (Å²) in [5.41, 5.74) is 9.89. The van der Waals surface area contributed by atoms with Gasteiger partial charge in [0.25, 0.3) is 5.91 Å². The molecule has 1 heterocycles. The highest BCUT2D eigenvalue weighted by Crippen LogP contribution is 2.48. The molecule has 1 atom stereocenters. The molecule has 0 aromatic heterocycles. The topological polar surface area (TPSA) is 58.4 Å². The van der Waals surface area contributed by atoms with Crippen molar-refractivity contribution in [2.45, 2.75) is 37.8 Å². The van der Waals surface area contributed by atoms with Crippen molar-refractivity contribution in [2.24, 2.45) is 5.73 Å². The Balaban J connectivity index is 1.44. The first-order valence-electron chi connectivity index (χ1n) is 10.5. The number of anilines is 1. The molecule has 3 N–H and O–H groups in total. The van der Waals surface area contributed by atoms with Crippen LogP contribution < -0.4 is 16.0 Å². The summed E-state index contributed by atoms with van der Waals surface area (Å²) < 4.78 is 0. The molecule has 1 aliphatic heterocycles. The molecule has 148 valence electrons. The van der Waals surface area contributed by atoms with Crippen molar-refractivity contribution in [1.82, 2.24) is 5.32 Å². The van der Waals surface area contributed by atoms with Gasteiger partial charge in [0.1, 0.15) is 0 Å². The second-order valence-electron chi connectivity index (χ2n) is 8.56. The van der Waals surface area contributed by atoms with E-state index in [2.05, 4.69) is 58.7 Å². The highest BCUT2D eigenvalue weighted by molar-refractivity contribution is 5.98. The smallest absolute Gasteiger partial charge is 0.252 e. The van der Waals surface area contributed by atoms with E-state index in [-0.39, 0.29) is 17.5 Å². The Morgan fingerprint density at radius 2 is 1.90 bits per heavy atom. The fraction of sp³-hybridized carbons (Fsp3) is 0.320. The third kappa shape index (κ3) is 3.28. The molecule has 1 unspecified atom stereocenters. The van der Waals surface area contributed by atoms with Gasteiger partial charge in [0, 0.05) is 30.4 Å². The number of rotatable bonds is 4. The molecular weight excluding hydrogens is 358 g/mol. The number of nitrogens with two attached hydrogens (primary N) is 1. The number of carbonyl (C=O) groups excluding carboxylic acids is 1. The quantitative estimate of drug-likeness (QED) is 0.711. The number of nitrogens with one attached hydrogen (secondary N) is 1. The molecular formula is C25H27N3O. The van der Waals surface area contributed by atoms with Gasteiger partial charge in [-0.25, -0.2) is 0 Å². The van der Waals surface area contributed by atoms with Crippen LogP contribution in [0.5, 0.6) is 0 Å². The van der Waals surface area contributed by atoms with Gasteiger partial charge in [-0.05, 0) is 60.2 Å². The molecule has 1 saturated heterocycles. The molecule has 29 heavy (non-hydrogen) atoms. The molecule has 4 nitrogen and oxygen atoms in total. The van der Waals surface area contributed by atoms with Crippen LogP contribution in [0, 0.1) is 6.92 Å². The molecule has 1 aliphatic carbocycles. The molecule has 0 bridgehead atoms. The van der Waals surface area contributed by atoms with Gasteiger partial charge in [0.2, 0.25) is 0 Å². The standard InChI is InChI=1S/C25H27N3O/c1-17-9-10-20(28-14-11-19(26)16-28)15-22(17)24(29)27-25(12-13-25)23-8-4-6-18-5-2-3-7-21(18)23/h2-10,15,19H,11-14,16,26H2,1H3,(H,27,29). The van der Waals surface area contributed by atoms with Gasteiger partial charge in [-0.15, -0.1) is 0 Å². The number of fused-ring (bicyclic) bond motifs is 1. The van der Waals surface area contributed by atoms with E-state index in [1.165, 1.54) is 16.3 Å². The maximum absolute atomic E-state index is 13.3. The molecule has 3 aromatic carbocycles. The lowest BCUT2D eigenvalue weighted by atomic mass is 9.96. The average molecular weight is 386 g/mol. The Kier molecular flexibility index (Phi) is 4.32. The number of benzene rings is 3. The summed E-state index contributed by atoms with van der Waals surface area (Å²) in [6, 6.07) is 21.2. The minimum absolute atomic E-state index is 0.0123. The predicted molar refractivity (Wildman–Crippen MR) is 118 cm³/mol. The third-order valence-electron chi connectivity index (χ3n) is 6.46. The highest BCUT2D eigenvalue weighted by atomic mass is 16.1. The van der Waals surface area contributed by atoms with Crippen LogP contribution in [-0.4, -0.2) is 25.0 Å². The van der Waals surface area contributed by atoms with E-state index in [1.54, 1.807) is 0 Å². The molecule has 4 heteroatoms. The summed E-state index contributed by atoms with van der Waals surface area (Å²) in [4.78, 5) is 15.6. The fourth-order valence-corrected chi connectivity index (χ4v) is 4.59. The van der Waals surface area contributed by atoms with E-state index in [1.807, 2.05) is 19.1 Å². The third-order valence-corrected chi connectivity index (χ3v) is 6.46. The minimum Gasteiger partial charge on any atom is -0.370 e. The minimum atomic E-state index is -0.254. The lowest BCUT2D eigenvalue weighted by Crippen LogP contribution is -2.35. The Morgan fingerprint density at radius 1 is 1.10 bits per heavy atom. The number of hydrogen-bond acceptors (Lipinski definition) is 3. The van der Waals surface area contributed by atoms with Crippen LogP contribution in [0.15, 0.2) is 60.7 Å². The van der Waals surface area contributed by atoms with Gasteiger partial charge in [0.15, 0.2) is 0 Å². The van der Waals surface area contributed by atoms with E-state index in [0.29, 0.717) is 0 Å². The Labute approximate surface area is 171 Å². The summed E-state index contributed by atoms with van der Waals surface area (Å²) in [5, 5.41) is 5.82. The van der Waals surface area contributed by atoms with Gasteiger partial charge in [-0.3, -0.25) is 4.79 Å². The second kappa shape index (κ2) is 6.89. The maximum atomic E-state index is 13.3. The molecule has 0 radical (unpaired) electrons. The Hall–Kier alpha value is -2.85. The molecule has 2 fully saturated rings. The summed E-state index contributed by atoms with van der Waals surface area (Å²) in [7, 11) is 0. The normalized spacial score (nSPS) is 20.1. The van der Waals surface area contributed by atoms with Gasteiger partial charge >= 0.3 is 0 Å². The first kappa shape index (κ1) is 18.2. The zero-order valence-electron chi connectivity index (χ0n) is 16.8. The Bertz CT molecular complexity index is 1080. The van der Waals surface area contributed by atoms with Gasteiger partial charge in [-0.1, -0.05) is 48.5 Å². The largest absolute Gasteiger partial charge is 0.370 e. The molecule has 0 spiro atoms. The molecule has 1 amide bonds. The van der Waals surface area contributed by atoms with Crippen LogP contribution in [0.4, 0.5) is 5.69 Å². The number of amides is 1. The van der Waals surface area contributed by atoms with E-state index in [0.717, 1.165) is 49.2 Å². The van der Waals surface area contributed by atoms with Crippen LogP contribution in [0.25, 0.3) is 10.8 Å². The lowest BCUT2D eigenvalue weighted by Gasteiger charge is -2.22. The summed E-state index contributed by atoms with van der Waals surface area (Å²) >= 11 is 0. The number of nitrogens with zero attached hydrogens (tertiary/aromatic N) is 1. The van der Waals surface area contributed by atoms with Gasteiger partial charge in [0.05, 0.1) is 5.54 Å². The lowest BCUT2D eigenvalue weighted by molar-refractivity contribution is 0.0930. The molecule has 5 rings (SSSR count). The molecule has 1 saturated carbocycles. The van der Waals surface area contributed by atoms with E-state index < -0.39 is 0 Å². The van der Waals surface area contributed by atoms with Crippen molar-refractivity contribution in [3.05, 3.63) is 77.4 Å². The average Bonchev–Trinajstić information content (AvgIpc) is 3.38. The van der Waals surface area contributed by atoms with Crippen LogP contribution >= 0.6 is 0 Å². The van der Waals surface area contributed by atoms with Crippen LogP contribution in [0.1, 0.15) is 40.7 Å². The highest BCUT2D eigenvalue weighted by Gasteiger charge is 2.46. The van der Waals surface area contributed by atoms with Crippen LogP contribution in [-0.2, 0) is 5.54 Å². The van der Waals surface area contributed by atoms with Crippen molar-refractivity contribution in [2.75, 3.05) is 18.0 Å². The van der Waals surface area contributed by atoms with Crippen molar-refractivity contribution in [3.63, 3.8) is 0 Å². The number of carbonyl (C=O) groups is 1. The van der Waals surface area contributed by atoms with E-state index in [4.69, 9.17) is 5.73 Å². The first-order chi connectivity index (χ1) is 14.1. The van der Waals surface area contributed by atoms with Crippen LogP contribution in [0.3, 0.4) is 0 Å². The Morgan fingerprint density at radius 3 is 2.66 bits per heavy atom. The maximum Gasteiger partial charge on any atom is 0.252 e. The monoisotopic (exact) mass is 385 g/mol. The zero-order valence-corrected chi connectivity index (χ0v) is 16.8. The fourth-order valence-electron chi connectivity index (χ4n) is 4.59. The summed E-state index contributed by atoms with van der Waals surface area (Å²) in [6.07, 6.45) is 2.96. The van der Waals surface area contributed by atoms with Gasteiger partial charge < -0.3 is 16.0 Å². The predicted octanol–water partition coefficient (Wildman–Crippen LogP) is 4.10. The first-order valence-corrected chi connectivity index (χ1v) is 10.5.